The van der Waals surface area contributed by atoms with E-state index in [-0.39, 0.29) is 16.9 Å². The number of cyclic esters (lactones) is 2. The smallest absolute Gasteiger partial charge is 0.346 e. The molecule has 0 saturated heterocycles. The van der Waals surface area contributed by atoms with Crippen LogP contribution in [0.1, 0.15) is 42.2 Å². The van der Waals surface area contributed by atoms with Crippen molar-refractivity contribution >= 4 is 17.7 Å². The lowest BCUT2D eigenvalue weighted by atomic mass is 9.98. The average molecular weight is 276 g/mol. The maximum Gasteiger partial charge on any atom is 0.346 e. The predicted molar refractivity (Wildman–Crippen MR) is 74.0 cm³/mol. The first kappa shape index (κ1) is 12.8. The lowest BCUT2D eigenvalue weighted by Crippen LogP contribution is -2.03. The standard InChI is InChI=1S/C17H8O4/c1-2-10-3-5-11(6-4-10)15(18)12-7-8-13-14(9-12)17(20)21-16(13)19/h1,3-9H. The molecule has 0 fully saturated rings. The molecule has 1 aliphatic heterocycles. The zero-order chi connectivity index (χ0) is 15.0. The van der Waals surface area contributed by atoms with Crippen LogP contribution in [0.5, 0.6) is 0 Å². The molecule has 3 rings (SSSR count). The van der Waals surface area contributed by atoms with Gasteiger partial charge in [-0.2, -0.15) is 0 Å². The fourth-order valence-corrected chi connectivity index (χ4v) is 2.11. The Balaban J connectivity index is 1.99. The Hall–Kier alpha value is -3.19. The van der Waals surface area contributed by atoms with Gasteiger partial charge in [-0.05, 0) is 36.4 Å². The summed E-state index contributed by atoms with van der Waals surface area (Å²) in [5.41, 5.74) is 1.74. The SMILES string of the molecule is C#Cc1ccc(C(=O)c2ccc3c(c2)C(=O)OC3=O)cc1. The summed E-state index contributed by atoms with van der Waals surface area (Å²) in [7, 11) is 0. The number of ether oxygens (including phenoxy) is 1. The molecule has 0 spiro atoms. The summed E-state index contributed by atoms with van der Waals surface area (Å²) >= 11 is 0. The Labute approximate surface area is 120 Å². The van der Waals surface area contributed by atoms with E-state index in [0.717, 1.165) is 0 Å². The van der Waals surface area contributed by atoms with Gasteiger partial charge in [0, 0.05) is 16.7 Å². The van der Waals surface area contributed by atoms with Crippen molar-refractivity contribution in [2.75, 3.05) is 0 Å². The van der Waals surface area contributed by atoms with Crippen LogP contribution in [0.4, 0.5) is 0 Å². The molecule has 0 amide bonds. The van der Waals surface area contributed by atoms with Gasteiger partial charge in [0.1, 0.15) is 0 Å². The van der Waals surface area contributed by atoms with Crippen molar-refractivity contribution in [3.8, 4) is 12.3 Å². The monoisotopic (exact) mass is 276 g/mol. The van der Waals surface area contributed by atoms with Gasteiger partial charge in [0.25, 0.3) is 0 Å². The Kier molecular flexibility index (Phi) is 2.89. The number of ketones is 1. The van der Waals surface area contributed by atoms with Crippen molar-refractivity contribution in [3.05, 3.63) is 70.3 Å². The summed E-state index contributed by atoms with van der Waals surface area (Å²) in [6, 6.07) is 10.9. The van der Waals surface area contributed by atoms with Crippen LogP contribution in [0.15, 0.2) is 42.5 Å². The highest BCUT2D eigenvalue weighted by atomic mass is 16.6. The number of hydrogen-bond acceptors (Lipinski definition) is 4. The maximum absolute atomic E-state index is 12.3. The highest BCUT2D eigenvalue weighted by Crippen LogP contribution is 2.22. The van der Waals surface area contributed by atoms with Gasteiger partial charge < -0.3 is 4.74 Å². The van der Waals surface area contributed by atoms with Crippen LogP contribution in [0, 0.1) is 12.3 Å². The molecule has 100 valence electrons. The van der Waals surface area contributed by atoms with E-state index in [9.17, 15) is 14.4 Å². The molecule has 1 aliphatic rings. The van der Waals surface area contributed by atoms with Crippen LogP contribution < -0.4 is 0 Å². The molecule has 21 heavy (non-hydrogen) atoms. The lowest BCUT2D eigenvalue weighted by molar-refractivity contribution is 0.0443. The number of carbonyl (C=O) groups excluding carboxylic acids is 3. The van der Waals surface area contributed by atoms with E-state index in [1.165, 1.54) is 18.2 Å². The molecule has 2 aromatic rings. The second-order valence-corrected chi connectivity index (χ2v) is 4.49. The van der Waals surface area contributed by atoms with E-state index in [0.29, 0.717) is 16.7 Å². The second-order valence-electron chi connectivity index (χ2n) is 4.49. The van der Waals surface area contributed by atoms with Gasteiger partial charge in [-0.25, -0.2) is 9.59 Å². The molecule has 0 aliphatic carbocycles. The summed E-state index contributed by atoms with van der Waals surface area (Å²) in [5.74, 6) is 0.795. The predicted octanol–water partition coefficient (Wildman–Crippen LogP) is 2.21. The zero-order valence-corrected chi connectivity index (χ0v) is 10.8. The van der Waals surface area contributed by atoms with Crippen LogP contribution >= 0.6 is 0 Å². The highest BCUT2D eigenvalue weighted by Gasteiger charge is 2.30. The fourth-order valence-electron chi connectivity index (χ4n) is 2.11. The van der Waals surface area contributed by atoms with Gasteiger partial charge >= 0.3 is 11.9 Å². The number of hydrogen-bond donors (Lipinski definition) is 0. The number of carbonyl (C=O) groups is 3. The molecule has 4 heteroatoms. The number of benzene rings is 2. The number of fused-ring (bicyclic) bond motifs is 1. The average Bonchev–Trinajstić information content (AvgIpc) is 2.81. The number of esters is 2. The molecular formula is C17H8O4. The molecule has 0 atom stereocenters. The Morgan fingerprint density at radius 1 is 0.905 bits per heavy atom. The van der Waals surface area contributed by atoms with Crippen molar-refractivity contribution in [1.82, 2.24) is 0 Å². The summed E-state index contributed by atoms with van der Waals surface area (Å²) in [4.78, 5) is 35.2. The first-order chi connectivity index (χ1) is 10.1. The molecular weight excluding hydrogens is 268 g/mol. The molecule has 0 aromatic heterocycles. The minimum atomic E-state index is -0.729. The summed E-state index contributed by atoms with van der Waals surface area (Å²) in [6.07, 6.45) is 5.26. The fraction of sp³-hybridized carbons (Fsp3) is 0. The summed E-state index contributed by atoms with van der Waals surface area (Å²) < 4.78 is 4.49. The first-order valence-corrected chi connectivity index (χ1v) is 6.12. The van der Waals surface area contributed by atoms with Crippen LogP contribution in [-0.4, -0.2) is 17.7 Å². The minimum absolute atomic E-state index is 0.117. The van der Waals surface area contributed by atoms with Crippen molar-refractivity contribution in [3.63, 3.8) is 0 Å². The van der Waals surface area contributed by atoms with Crippen molar-refractivity contribution in [1.29, 1.82) is 0 Å². The maximum atomic E-state index is 12.3. The van der Waals surface area contributed by atoms with E-state index in [1.807, 2.05) is 0 Å². The minimum Gasteiger partial charge on any atom is -0.386 e. The number of terminal acetylenes is 1. The Bertz CT molecular complexity index is 823. The van der Waals surface area contributed by atoms with E-state index >= 15 is 0 Å². The molecule has 0 bridgehead atoms. The van der Waals surface area contributed by atoms with Gasteiger partial charge in [0.2, 0.25) is 0 Å². The van der Waals surface area contributed by atoms with Gasteiger partial charge in [-0.1, -0.05) is 12.0 Å². The van der Waals surface area contributed by atoms with E-state index in [1.54, 1.807) is 24.3 Å². The molecule has 1 heterocycles. The molecule has 0 saturated carbocycles. The Morgan fingerprint density at radius 2 is 1.52 bits per heavy atom. The normalized spacial score (nSPS) is 12.5. The third-order valence-electron chi connectivity index (χ3n) is 3.22. The number of rotatable bonds is 2. The Morgan fingerprint density at radius 3 is 2.19 bits per heavy atom. The van der Waals surface area contributed by atoms with Crippen LogP contribution in [-0.2, 0) is 4.74 Å². The summed E-state index contributed by atoms with van der Waals surface area (Å²) in [5, 5.41) is 0. The topological polar surface area (TPSA) is 60.4 Å². The van der Waals surface area contributed by atoms with E-state index in [4.69, 9.17) is 6.42 Å². The third kappa shape index (κ3) is 2.11. The zero-order valence-electron chi connectivity index (χ0n) is 10.8. The quantitative estimate of drug-likeness (QED) is 0.365. The summed E-state index contributed by atoms with van der Waals surface area (Å²) in [6.45, 7) is 0. The molecule has 0 unspecified atom stereocenters. The van der Waals surface area contributed by atoms with Gasteiger partial charge in [-0.15, -0.1) is 6.42 Å². The molecule has 2 aromatic carbocycles. The lowest BCUT2D eigenvalue weighted by Gasteiger charge is -2.02. The van der Waals surface area contributed by atoms with Crippen molar-refractivity contribution < 1.29 is 19.1 Å². The molecule has 0 radical (unpaired) electrons. The van der Waals surface area contributed by atoms with Crippen LogP contribution in [0.25, 0.3) is 0 Å². The molecule has 0 N–H and O–H groups in total. The first-order valence-electron chi connectivity index (χ1n) is 6.12. The van der Waals surface area contributed by atoms with E-state index in [2.05, 4.69) is 10.7 Å². The highest BCUT2D eigenvalue weighted by molar-refractivity contribution is 6.17. The van der Waals surface area contributed by atoms with Crippen molar-refractivity contribution in [2.24, 2.45) is 0 Å². The van der Waals surface area contributed by atoms with Crippen molar-refractivity contribution in [2.45, 2.75) is 0 Å². The van der Waals surface area contributed by atoms with Gasteiger partial charge in [0.15, 0.2) is 5.78 Å². The van der Waals surface area contributed by atoms with Gasteiger partial charge in [-0.3, -0.25) is 4.79 Å². The second kappa shape index (κ2) is 4.73. The van der Waals surface area contributed by atoms with Gasteiger partial charge in [0.05, 0.1) is 11.1 Å². The third-order valence-corrected chi connectivity index (χ3v) is 3.22. The molecule has 4 nitrogen and oxygen atoms in total. The largest absolute Gasteiger partial charge is 0.386 e. The van der Waals surface area contributed by atoms with Crippen LogP contribution in [0.2, 0.25) is 0 Å². The van der Waals surface area contributed by atoms with Crippen LogP contribution in [0.3, 0.4) is 0 Å². The van der Waals surface area contributed by atoms with E-state index < -0.39 is 11.9 Å².